The van der Waals surface area contributed by atoms with Crippen molar-refractivity contribution in [2.45, 2.75) is 258 Å². The van der Waals surface area contributed by atoms with Crippen LogP contribution < -0.4 is 5.73 Å². The van der Waals surface area contributed by atoms with Crippen molar-refractivity contribution in [3.63, 3.8) is 0 Å². The topological polar surface area (TPSA) is 134 Å². The van der Waals surface area contributed by atoms with E-state index in [1.54, 1.807) is 0 Å². The maximum absolute atomic E-state index is 12.6. The van der Waals surface area contributed by atoms with Gasteiger partial charge in [-0.2, -0.15) is 0 Å². The zero-order valence-electron chi connectivity index (χ0n) is 39.2. The SMILES string of the molecule is CCCCCCC/C=C\C/C=C\CCCCCCCCCCCC(=O)OC(COC(=O)CCCCCCCCCCCCCCCCCCCC)COP(=O)(O)OCCN. The lowest BCUT2D eigenvalue weighted by atomic mass is 10.0. The number of allylic oxidation sites excluding steroid dienone is 4. The smallest absolute Gasteiger partial charge is 0.462 e. The first kappa shape index (κ1) is 58.5. The number of carbonyl (C=O) groups excluding carboxylic acids is 2. The molecule has 0 aromatic heterocycles. The highest BCUT2D eigenvalue weighted by Crippen LogP contribution is 2.43. The van der Waals surface area contributed by atoms with Crippen molar-refractivity contribution in [1.82, 2.24) is 0 Å². The van der Waals surface area contributed by atoms with Crippen molar-refractivity contribution >= 4 is 19.8 Å². The molecule has 0 amide bonds. The van der Waals surface area contributed by atoms with Crippen LogP contribution in [0.25, 0.3) is 0 Å². The minimum absolute atomic E-state index is 0.0546. The normalized spacial score (nSPS) is 13.3. The van der Waals surface area contributed by atoms with E-state index in [1.807, 2.05) is 0 Å². The van der Waals surface area contributed by atoms with Crippen LogP contribution in [-0.4, -0.2) is 49.3 Å². The van der Waals surface area contributed by atoms with E-state index in [1.165, 1.54) is 167 Å². The zero-order valence-corrected chi connectivity index (χ0v) is 40.1. The molecule has 0 aliphatic carbocycles. The first-order chi connectivity index (χ1) is 29.3. The van der Waals surface area contributed by atoms with Gasteiger partial charge in [0.15, 0.2) is 6.10 Å². The molecule has 0 heterocycles. The molecule has 354 valence electrons. The molecule has 60 heavy (non-hydrogen) atoms. The van der Waals surface area contributed by atoms with Crippen LogP contribution in [0.3, 0.4) is 0 Å². The lowest BCUT2D eigenvalue weighted by Gasteiger charge is -2.19. The largest absolute Gasteiger partial charge is 0.472 e. The maximum atomic E-state index is 12.6. The second-order valence-corrected chi connectivity index (χ2v) is 18.5. The van der Waals surface area contributed by atoms with Gasteiger partial charge in [-0.25, -0.2) is 4.57 Å². The van der Waals surface area contributed by atoms with Gasteiger partial charge in [0.25, 0.3) is 0 Å². The predicted molar refractivity (Wildman–Crippen MR) is 252 cm³/mol. The third kappa shape index (κ3) is 46.0. The van der Waals surface area contributed by atoms with Crippen molar-refractivity contribution in [1.29, 1.82) is 0 Å². The summed E-state index contributed by atoms with van der Waals surface area (Å²) in [5.41, 5.74) is 5.37. The number of ether oxygens (including phenoxy) is 2. The number of rotatable bonds is 48. The van der Waals surface area contributed by atoms with Crippen LogP contribution in [0.1, 0.15) is 251 Å². The highest BCUT2D eigenvalue weighted by molar-refractivity contribution is 7.47. The molecule has 0 aliphatic heterocycles. The fourth-order valence-electron chi connectivity index (χ4n) is 7.31. The summed E-state index contributed by atoms with van der Waals surface area (Å²) in [7, 11) is -4.38. The van der Waals surface area contributed by atoms with Gasteiger partial charge in [-0.3, -0.25) is 18.6 Å². The van der Waals surface area contributed by atoms with Crippen molar-refractivity contribution in [3.8, 4) is 0 Å². The summed E-state index contributed by atoms with van der Waals surface area (Å²) in [6, 6.07) is 0. The third-order valence-electron chi connectivity index (χ3n) is 11.1. The van der Waals surface area contributed by atoms with E-state index in [2.05, 4.69) is 38.2 Å². The van der Waals surface area contributed by atoms with E-state index in [0.29, 0.717) is 6.42 Å². The average molecular weight is 870 g/mol. The van der Waals surface area contributed by atoms with Gasteiger partial charge in [0, 0.05) is 19.4 Å². The van der Waals surface area contributed by atoms with Gasteiger partial charge in [-0.05, 0) is 44.9 Å². The van der Waals surface area contributed by atoms with E-state index in [-0.39, 0.29) is 38.6 Å². The van der Waals surface area contributed by atoms with Crippen molar-refractivity contribution in [3.05, 3.63) is 24.3 Å². The summed E-state index contributed by atoms with van der Waals surface area (Å²) in [4.78, 5) is 35.0. The summed E-state index contributed by atoms with van der Waals surface area (Å²) < 4.78 is 32.9. The van der Waals surface area contributed by atoms with Crippen LogP contribution in [-0.2, 0) is 32.7 Å². The molecule has 0 saturated carbocycles. The highest BCUT2D eigenvalue weighted by Gasteiger charge is 2.26. The number of phosphoric acid groups is 1. The first-order valence-electron chi connectivity index (χ1n) is 25.3. The highest BCUT2D eigenvalue weighted by atomic mass is 31.2. The van der Waals surface area contributed by atoms with E-state index in [9.17, 15) is 19.0 Å². The quantitative estimate of drug-likeness (QED) is 0.0265. The maximum Gasteiger partial charge on any atom is 0.472 e. The molecule has 2 unspecified atom stereocenters. The molecule has 0 radical (unpaired) electrons. The molecule has 0 aromatic rings. The number of nitrogens with two attached hydrogens (primary N) is 1. The van der Waals surface area contributed by atoms with Crippen LogP contribution in [0, 0.1) is 0 Å². The Bertz CT molecular complexity index is 1040. The Hall–Kier alpha value is -1.51. The molecule has 0 aromatic carbocycles. The van der Waals surface area contributed by atoms with Crippen LogP contribution in [0.5, 0.6) is 0 Å². The van der Waals surface area contributed by atoms with Crippen molar-refractivity contribution in [2.75, 3.05) is 26.4 Å². The lowest BCUT2D eigenvalue weighted by Crippen LogP contribution is -2.29. The number of esters is 2. The Morgan fingerprint density at radius 2 is 0.867 bits per heavy atom. The molecular weight excluding hydrogens is 774 g/mol. The first-order valence-corrected chi connectivity index (χ1v) is 26.8. The van der Waals surface area contributed by atoms with Gasteiger partial charge in [-0.1, -0.05) is 218 Å². The summed E-state index contributed by atoms with van der Waals surface area (Å²) in [5.74, 6) is -0.820. The number of hydrogen-bond donors (Lipinski definition) is 2. The number of phosphoric ester groups is 1. The Kier molecular flexibility index (Phi) is 45.8. The fourth-order valence-corrected chi connectivity index (χ4v) is 8.08. The molecule has 0 bridgehead atoms. The molecule has 0 aliphatic rings. The second-order valence-electron chi connectivity index (χ2n) is 17.0. The van der Waals surface area contributed by atoms with Gasteiger partial charge in [0.05, 0.1) is 13.2 Å². The zero-order chi connectivity index (χ0) is 43.9. The molecule has 0 rings (SSSR count). The molecular formula is C50H96NO8P. The summed E-state index contributed by atoms with van der Waals surface area (Å²) in [6.45, 7) is 3.76. The standard InChI is InChI=1S/C50H96NO8P/c1-3-5-7-9-11-13-15-17-19-21-23-24-25-27-29-31-33-35-37-39-41-43-50(53)59-48(47-58-60(54,55)57-45-44-51)46-56-49(52)42-40-38-36-34-32-30-28-26-22-20-18-16-14-12-10-8-6-4-2/h15,17,21,23,48H,3-14,16,18-20,22,24-47,51H2,1-2H3,(H,54,55)/b17-15-,23-21-. The molecule has 9 nitrogen and oxygen atoms in total. The monoisotopic (exact) mass is 870 g/mol. The Labute approximate surface area is 370 Å². The van der Waals surface area contributed by atoms with Gasteiger partial charge >= 0.3 is 19.8 Å². The summed E-state index contributed by atoms with van der Waals surface area (Å²) >= 11 is 0. The summed E-state index contributed by atoms with van der Waals surface area (Å²) in [6.07, 6.45) is 52.1. The number of carbonyl (C=O) groups is 2. The third-order valence-corrected chi connectivity index (χ3v) is 12.1. The second kappa shape index (κ2) is 47.0. The van der Waals surface area contributed by atoms with Gasteiger partial charge in [-0.15, -0.1) is 0 Å². The number of unbranched alkanes of at least 4 members (excludes halogenated alkanes) is 31. The Morgan fingerprint density at radius 1 is 0.500 bits per heavy atom. The number of hydrogen-bond acceptors (Lipinski definition) is 8. The van der Waals surface area contributed by atoms with E-state index < -0.39 is 26.5 Å². The van der Waals surface area contributed by atoms with Crippen LogP contribution in [0.2, 0.25) is 0 Å². The fraction of sp³-hybridized carbons (Fsp3) is 0.880. The molecule has 0 spiro atoms. The summed E-state index contributed by atoms with van der Waals surface area (Å²) in [5, 5.41) is 0. The Morgan fingerprint density at radius 3 is 1.27 bits per heavy atom. The van der Waals surface area contributed by atoms with E-state index in [0.717, 1.165) is 51.4 Å². The minimum Gasteiger partial charge on any atom is -0.462 e. The molecule has 0 saturated heterocycles. The lowest BCUT2D eigenvalue weighted by molar-refractivity contribution is -0.161. The van der Waals surface area contributed by atoms with Crippen LogP contribution >= 0.6 is 7.82 Å². The van der Waals surface area contributed by atoms with Crippen LogP contribution in [0.4, 0.5) is 0 Å². The minimum atomic E-state index is -4.38. The molecule has 10 heteroatoms. The van der Waals surface area contributed by atoms with Gasteiger partial charge < -0.3 is 20.1 Å². The average Bonchev–Trinajstić information content (AvgIpc) is 3.24. The molecule has 3 N–H and O–H groups in total. The molecule has 0 fully saturated rings. The van der Waals surface area contributed by atoms with Crippen molar-refractivity contribution < 1.29 is 37.6 Å². The molecule has 2 atom stereocenters. The van der Waals surface area contributed by atoms with E-state index in [4.69, 9.17) is 24.3 Å². The Balaban J connectivity index is 4.04. The van der Waals surface area contributed by atoms with Crippen molar-refractivity contribution in [2.24, 2.45) is 5.73 Å². The van der Waals surface area contributed by atoms with E-state index >= 15 is 0 Å². The van der Waals surface area contributed by atoms with Crippen LogP contribution in [0.15, 0.2) is 24.3 Å². The van der Waals surface area contributed by atoms with Gasteiger partial charge in [0.1, 0.15) is 6.61 Å². The van der Waals surface area contributed by atoms with Gasteiger partial charge in [0.2, 0.25) is 0 Å². The predicted octanol–water partition coefficient (Wildman–Crippen LogP) is 15.1.